The fourth-order valence-corrected chi connectivity index (χ4v) is 3.07. The molecule has 26 heavy (non-hydrogen) atoms. The average Bonchev–Trinajstić information content (AvgIpc) is 3.30. The van der Waals surface area contributed by atoms with Gasteiger partial charge in [-0.2, -0.15) is 0 Å². The number of amides is 1. The van der Waals surface area contributed by atoms with Crippen LogP contribution in [0.1, 0.15) is 16.1 Å². The summed E-state index contributed by atoms with van der Waals surface area (Å²) in [6.07, 6.45) is 6.66. The number of pyridine rings is 1. The third-order valence-electron chi connectivity index (χ3n) is 3.67. The molecule has 0 atom stereocenters. The maximum absolute atomic E-state index is 12.8. The van der Waals surface area contributed by atoms with Crippen molar-refractivity contribution in [2.24, 2.45) is 0 Å². The van der Waals surface area contributed by atoms with Gasteiger partial charge in [0.15, 0.2) is 0 Å². The molecular formula is C16H13N7O2S. The molecule has 4 heterocycles. The van der Waals surface area contributed by atoms with Crippen LogP contribution >= 0.6 is 11.3 Å². The van der Waals surface area contributed by atoms with Gasteiger partial charge in [0.2, 0.25) is 10.9 Å². The maximum atomic E-state index is 12.8. The number of hydrogen-bond acceptors (Lipinski definition) is 8. The Balaban J connectivity index is 1.77. The minimum Gasteiger partial charge on any atom is -0.472 e. The van der Waals surface area contributed by atoms with Crippen LogP contribution in [-0.4, -0.2) is 42.6 Å². The van der Waals surface area contributed by atoms with E-state index < -0.39 is 0 Å². The fraction of sp³-hybridized carbons (Fsp3) is 0.125. The monoisotopic (exact) mass is 367 g/mol. The Labute approximate surface area is 151 Å². The summed E-state index contributed by atoms with van der Waals surface area (Å²) in [5, 5.41) is 11.1. The van der Waals surface area contributed by atoms with Crippen LogP contribution in [0.4, 0.5) is 5.13 Å². The summed E-state index contributed by atoms with van der Waals surface area (Å²) in [5.74, 6) is 0.216. The molecule has 0 aliphatic rings. The van der Waals surface area contributed by atoms with Crippen molar-refractivity contribution in [1.82, 2.24) is 29.5 Å². The van der Waals surface area contributed by atoms with E-state index in [2.05, 4.69) is 30.5 Å². The summed E-state index contributed by atoms with van der Waals surface area (Å²) in [6.45, 7) is 1.87. The lowest BCUT2D eigenvalue weighted by atomic mass is 10.0. The van der Waals surface area contributed by atoms with E-state index in [1.54, 1.807) is 24.8 Å². The van der Waals surface area contributed by atoms with Crippen molar-refractivity contribution < 1.29 is 9.53 Å². The first-order valence-corrected chi connectivity index (χ1v) is 8.41. The van der Waals surface area contributed by atoms with Gasteiger partial charge >= 0.3 is 0 Å². The summed E-state index contributed by atoms with van der Waals surface area (Å²) in [4.78, 5) is 25.5. The number of nitrogens with one attached hydrogen (secondary N) is 1. The lowest BCUT2D eigenvalue weighted by molar-refractivity contribution is 0.102. The number of nitrogens with zero attached hydrogens (tertiary/aromatic N) is 6. The molecule has 4 aromatic rings. The maximum Gasteiger partial charge on any atom is 0.295 e. The minimum atomic E-state index is -0.337. The van der Waals surface area contributed by atoms with Gasteiger partial charge in [0.25, 0.3) is 11.1 Å². The van der Waals surface area contributed by atoms with Crippen LogP contribution in [0, 0.1) is 6.92 Å². The zero-order valence-corrected chi connectivity index (χ0v) is 14.7. The molecule has 4 aromatic heterocycles. The summed E-state index contributed by atoms with van der Waals surface area (Å²) >= 11 is 1.14. The van der Waals surface area contributed by atoms with Gasteiger partial charge in [0.05, 0.1) is 18.4 Å². The molecule has 1 N–H and O–H groups in total. The van der Waals surface area contributed by atoms with E-state index in [0.29, 0.717) is 21.7 Å². The SMILES string of the molecule is COc1nnc(NC(=O)c2cnc(C)cc2-c2ccnc3nccn23)s1. The number of methoxy groups -OCH3 is 1. The summed E-state index contributed by atoms with van der Waals surface area (Å²) in [5.41, 5.74) is 2.71. The predicted octanol–water partition coefficient (Wildman–Crippen LogP) is 2.21. The first kappa shape index (κ1) is 16.1. The average molecular weight is 367 g/mol. The molecule has 0 aliphatic carbocycles. The summed E-state index contributed by atoms with van der Waals surface area (Å²) in [7, 11) is 1.49. The topological polar surface area (TPSA) is 107 Å². The van der Waals surface area contributed by atoms with Crippen molar-refractivity contribution >= 4 is 28.2 Å². The van der Waals surface area contributed by atoms with Crippen LogP contribution in [0.5, 0.6) is 5.19 Å². The van der Waals surface area contributed by atoms with Crippen molar-refractivity contribution in [2.75, 3.05) is 12.4 Å². The zero-order valence-electron chi connectivity index (χ0n) is 13.9. The second kappa shape index (κ2) is 6.48. The molecule has 0 saturated carbocycles. The quantitative estimate of drug-likeness (QED) is 0.589. The summed E-state index contributed by atoms with van der Waals surface area (Å²) in [6, 6.07) is 3.68. The Morgan fingerprint density at radius 3 is 2.88 bits per heavy atom. The highest BCUT2D eigenvalue weighted by molar-refractivity contribution is 7.17. The highest BCUT2D eigenvalue weighted by Gasteiger charge is 2.18. The van der Waals surface area contributed by atoms with Crippen LogP contribution < -0.4 is 10.1 Å². The van der Waals surface area contributed by atoms with Gasteiger partial charge in [0, 0.05) is 36.0 Å². The molecule has 9 nitrogen and oxygen atoms in total. The van der Waals surface area contributed by atoms with Crippen molar-refractivity contribution in [3.63, 3.8) is 0 Å². The van der Waals surface area contributed by atoms with E-state index in [-0.39, 0.29) is 5.91 Å². The van der Waals surface area contributed by atoms with Crippen molar-refractivity contribution in [3.05, 3.63) is 48.2 Å². The normalized spacial score (nSPS) is 10.8. The molecule has 0 aliphatic heterocycles. The first-order valence-electron chi connectivity index (χ1n) is 7.59. The molecule has 4 rings (SSSR count). The van der Waals surface area contributed by atoms with Gasteiger partial charge in [-0.15, -0.1) is 5.10 Å². The number of anilines is 1. The van der Waals surface area contributed by atoms with E-state index in [1.807, 2.05) is 23.5 Å². The van der Waals surface area contributed by atoms with Crippen molar-refractivity contribution in [2.45, 2.75) is 6.92 Å². The Kier molecular flexibility index (Phi) is 4.01. The molecule has 0 unspecified atom stereocenters. The third-order valence-corrected chi connectivity index (χ3v) is 4.47. The number of fused-ring (bicyclic) bond motifs is 1. The van der Waals surface area contributed by atoms with E-state index >= 15 is 0 Å². The molecule has 0 radical (unpaired) electrons. The van der Waals surface area contributed by atoms with Crippen LogP contribution in [-0.2, 0) is 0 Å². The van der Waals surface area contributed by atoms with Gasteiger partial charge in [-0.05, 0) is 30.4 Å². The molecule has 130 valence electrons. The molecule has 0 fully saturated rings. The molecule has 0 aromatic carbocycles. The molecular weight excluding hydrogens is 354 g/mol. The standard InChI is InChI=1S/C16H13N7O2S/c1-9-7-10(12-3-4-17-14-18-5-6-23(12)14)11(8-19-9)13(24)20-15-21-22-16(25-2)26-15/h3-8H,1-2H3,(H,20,21,24). The van der Waals surface area contributed by atoms with Crippen LogP contribution in [0.15, 0.2) is 36.9 Å². The van der Waals surface area contributed by atoms with E-state index in [4.69, 9.17) is 4.74 Å². The van der Waals surface area contributed by atoms with Gasteiger partial charge in [-0.25, -0.2) is 9.97 Å². The Bertz CT molecular complexity index is 1100. The molecule has 0 saturated heterocycles. The number of imidazole rings is 1. The first-order chi connectivity index (χ1) is 12.7. The third kappa shape index (κ3) is 2.86. The molecule has 1 amide bonds. The summed E-state index contributed by atoms with van der Waals surface area (Å²) < 4.78 is 6.81. The number of rotatable bonds is 4. The zero-order chi connectivity index (χ0) is 18.1. The minimum absolute atomic E-state index is 0.337. The second-order valence-electron chi connectivity index (χ2n) is 5.33. The van der Waals surface area contributed by atoms with Crippen molar-refractivity contribution in [3.8, 4) is 16.5 Å². The van der Waals surface area contributed by atoms with Crippen LogP contribution in [0.2, 0.25) is 0 Å². The number of ether oxygens (including phenoxy) is 1. The van der Waals surface area contributed by atoms with E-state index in [1.165, 1.54) is 7.11 Å². The predicted molar refractivity (Wildman–Crippen MR) is 95.4 cm³/mol. The van der Waals surface area contributed by atoms with Gasteiger partial charge < -0.3 is 4.74 Å². The van der Waals surface area contributed by atoms with Gasteiger partial charge in [0.1, 0.15) is 0 Å². The lowest BCUT2D eigenvalue weighted by Crippen LogP contribution is -2.14. The molecule has 0 bridgehead atoms. The highest BCUT2D eigenvalue weighted by atomic mass is 32.1. The van der Waals surface area contributed by atoms with Crippen molar-refractivity contribution in [1.29, 1.82) is 0 Å². The molecule has 10 heteroatoms. The van der Waals surface area contributed by atoms with Crippen LogP contribution in [0.3, 0.4) is 0 Å². The number of aryl methyl sites for hydroxylation is 1. The van der Waals surface area contributed by atoms with E-state index in [9.17, 15) is 4.79 Å². The van der Waals surface area contributed by atoms with Gasteiger partial charge in [-0.1, -0.05) is 5.10 Å². The Hall–Kier alpha value is -3.40. The number of carbonyl (C=O) groups is 1. The van der Waals surface area contributed by atoms with E-state index in [0.717, 1.165) is 28.3 Å². The smallest absolute Gasteiger partial charge is 0.295 e. The Morgan fingerprint density at radius 1 is 1.23 bits per heavy atom. The number of carbonyl (C=O) groups excluding carboxylic acids is 1. The van der Waals surface area contributed by atoms with Gasteiger partial charge in [-0.3, -0.25) is 19.5 Å². The number of hydrogen-bond donors (Lipinski definition) is 1. The molecule has 0 spiro atoms. The second-order valence-corrected chi connectivity index (χ2v) is 6.27. The Morgan fingerprint density at radius 2 is 2.08 bits per heavy atom. The number of aromatic nitrogens is 6. The highest BCUT2D eigenvalue weighted by Crippen LogP contribution is 2.27. The van der Waals surface area contributed by atoms with Crippen LogP contribution in [0.25, 0.3) is 17.0 Å². The largest absolute Gasteiger partial charge is 0.472 e. The fourth-order valence-electron chi connectivity index (χ4n) is 2.51. The lowest BCUT2D eigenvalue weighted by Gasteiger charge is -2.11.